The van der Waals surface area contributed by atoms with Crippen molar-refractivity contribution in [3.63, 3.8) is 0 Å². The molecule has 0 radical (unpaired) electrons. The van der Waals surface area contributed by atoms with Gasteiger partial charge >= 0.3 is 192 Å². The van der Waals surface area contributed by atoms with Crippen molar-refractivity contribution in [1.82, 2.24) is 0 Å². The second kappa shape index (κ2) is 9.82. The maximum atomic E-state index is 9.44. The third-order valence-corrected chi connectivity index (χ3v) is 16.5. The van der Waals surface area contributed by atoms with Crippen molar-refractivity contribution < 1.29 is 3.07 Å². The minimum absolute atomic E-state index is 0.312. The van der Waals surface area contributed by atoms with Crippen LogP contribution in [0.15, 0.2) is 120 Å². The molecule has 4 aromatic rings. The Morgan fingerprint density at radius 3 is 1.48 bits per heavy atom. The third-order valence-electron chi connectivity index (χ3n) is 5.03. The standard InChI is InChI=1S/C8H5ClN2O.3C6H5.Sn/c9-7-3-1-6(2-4-7)8(12)11-5-10;3*1-2-4-6-5-3-1;/h1-4H,(H,11,12);3*1-5H;/q;;;;+1/p-1. The molecule has 0 saturated carbocycles. The summed E-state index contributed by atoms with van der Waals surface area (Å²) in [6, 6.07) is 38.1. The van der Waals surface area contributed by atoms with Crippen molar-refractivity contribution in [2.45, 2.75) is 0 Å². The van der Waals surface area contributed by atoms with Gasteiger partial charge < -0.3 is 0 Å². The van der Waals surface area contributed by atoms with Gasteiger partial charge in [0.05, 0.1) is 0 Å². The predicted octanol–water partition coefficient (Wildman–Crippen LogP) is 4.25. The number of hydrogen-bond acceptors (Lipinski definition) is 3. The first-order chi connectivity index (χ1) is 15.2. The Kier molecular flexibility index (Phi) is 6.71. The summed E-state index contributed by atoms with van der Waals surface area (Å²) in [5, 5.41) is 10.1. The van der Waals surface area contributed by atoms with Gasteiger partial charge in [-0.25, -0.2) is 0 Å². The summed E-state index contributed by atoms with van der Waals surface area (Å²) in [7, 11) is 0. The van der Waals surface area contributed by atoms with E-state index in [2.05, 4.69) is 41.4 Å². The molecule has 0 fully saturated rings. The molecule has 5 heteroatoms. The van der Waals surface area contributed by atoms with Crippen LogP contribution in [0.3, 0.4) is 0 Å². The van der Waals surface area contributed by atoms with E-state index in [1.165, 1.54) is 0 Å². The third kappa shape index (κ3) is 4.51. The van der Waals surface area contributed by atoms with Crippen LogP contribution in [0.4, 0.5) is 0 Å². The van der Waals surface area contributed by atoms with Crippen LogP contribution in [-0.4, -0.2) is 24.7 Å². The Balaban J connectivity index is 1.99. The van der Waals surface area contributed by atoms with Crippen LogP contribution in [0.1, 0.15) is 5.56 Å². The molecular formula is C26H19ClN2OSn. The molecule has 3 nitrogen and oxygen atoms in total. The second-order valence-electron chi connectivity index (χ2n) is 6.91. The Morgan fingerprint density at radius 1 is 0.677 bits per heavy atom. The zero-order chi connectivity index (χ0) is 21.5. The van der Waals surface area contributed by atoms with Crippen LogP contribution >= 0.6 is 11.6 Å². The van der Waals surface area contributed by atoms with E-state index in [1.807, 2.05) is 72.9 Å². The minimum atomic E-state index is -4.07. The van der Waals surface area contributed by atoms with Crippen LogP contribution < -0.4 is 10.7 Å². The van der Waals surface area contributed by atoms with Gasteiger partial charge in [-0.15, -0.1) is 0 Å². The van der Waals surface area contributed by atoms with Gasteiger partial charge in [0.15, 0.2) is 0 Å². The summed E-state index contributed by atoms with van der Waals surface area (Å²) in [4.78, 5) is 4.09. The molecule has 0 bridgehead atoms. The van der Waals surface area contributed by atoms with Gasteiger partial charge in [0.2, 0.25) is 0 Å². The number of nitrogens with zero attached hydrogens (tertiary/aromatic N) is 2. The number of benzene rings is 4. The van der Waals surface area contributed by atoms with Gasteiger partial charge in [-0.3, -0.25) is 0 Å². The van der Waals surface area contributed by atoms with Gasteiger partial charge in [0.1, 0.15) is 0 Å². The van der Waals surface area contributed by atoms with E-state index in [4.69, 9.17) is 14.7 Å². The fraction of sp³-hybridized carbons (Fsp3) is 0. The summed E-state index contributed by atoms with van der Waals surface area (Å²) in [5.41, 5.74) is 0.717. The normalized spacial score (nSPS) is 11.5. The molecule has 0 heterocycles. The summed E-state index contributed by atoms with van der Waals surface area (Å²) in [6.45, 7) is 0. The number of nitriles is 1. The molecule has 150 valence electrons. The molecule has 0 atom stereocenters. The van der Waals surface area contributed by atoms with Crippen molar-refractivity contribution in [3.05, 3.63) is 126 Å². The molecule has 4 rings (SSSR count). The Bertz CT molecular complexity index is 1110. The first-order valence-corrected chi connectivity index (χ1v) is 15.6. The van der Waals surface area contributed by atoms with Crippen molar-refractivity contribution >= 4 is 47.0 Å². The number of aliphatic imine (C=N–C) groups is 1. The number of hydrogen-bond donors (Lipinski definition) is 0. The van der Waals surface area contributed by atoms with E-state index >= 15 is 0 Å². The van der Waals surface area contributed by atoms with Crippen molar-refractivity contribution in [3.8, 4) is 6.19 Å². The first-order valence-electron chi connectivity index (χ1n) is 9.82. The quantitative estimate of drug-likeness (QED) is 0.168. The monoisotopic (exact) mass is 530 g/mol. The Morgan fingerprint density at radius 2 is 1.10 bits per heavy atom. The summed E-state index contributed by atoms with van der Waals surface area (Å²) in [6.07, 6.45) is 1.92. The number of halogens is 1. The average molecular weight is 530 g/mol. The predicted molar refractivity (Wildman–Crippen MR) is 129 cm³/mol. The van der Waals surface area contributed by atoms with Gasteiger partial charge in [-0.1, -0.05) is 0 Å². The van der Waals surface area contributed by atoms with E-state index in [0.717, 1.165) is 16.3 Å². The SMILES string of the molecule is N#CN=C([O][Sn]([c]1ccccc1)([c]1ccccc1)[c]1ccccc1)c1ccc(Cl)cc1. The van der Waals surface area contributed by atoms with Crippen LogP contribution in [0, 0.1) is 11.5 Å². The Hall–Kier alpha value is -3.07. The van der Waals surface area contributed by atoms with E-state index in [0.29, 0.717) is 10.9 Å². The molecule has 0 amide bonds. The molecule has 4 aromatic carbocycles. The van der Waals surface area contributed by atoms with Crippen LogP contribution in [-0.2, 0) is 3.07 Å². The van der Waals surface area contributed by atoms with E-state index < -0.39 is 18.8 Å². The molecule has 0 spiro atoms. The molecule has 0 unspecified atom stereocenters. The van der Waals surface area contributed by atoms with Crippen LogP contribution in [0.5, 0.6) is 0 Å². The molecule has 0 aliphatic rings. The summed E-state index contributed by atoms with van der Waals surface area (Å²) in [5.74, 6) is 0.312. The van der Waals surface area contributed by atoms with Gasteiger partial charge in [0.25, 0.3) is 0 Å². The Labute approximate surface area is 191 Å². The molecule has 0 aromatic heterocycles. The van der Waals surface area contributed by atoms with E-state index in [-0.39, 0.29) is 0 Å². The maximum absolute atomic E-state index is 9.44. The average Bonchev–Trinajstić information content (AvgIpc) is 2.84. The van der Waals surface area contributed by atoms with Gasteiger partial charge in [-0.05, 0) is 0 Å². The fourth-order valence-corrected chi connectivity index (χ4v) is 14.6. The second-order valence-corrected chi connectivity index (χ2v) is 16.8. The topological polar surface area (TPSA) is 45.4 Å². The number of rotatable bonds is 5. The summed E-state index contributed by atoms with van der Waals surface area (Å²) < 4.78 is 10.4. The van der Waals surface area contributed by atoms with Crippen molar-refractivity contribution in [2.24, 2.45) is 4.99 Å². The van der Waals surface area contributed by atoms with Crippen LogP contribution in [0.25, 0.3) is 0 Å². The molecule has 0 aliphatic heterocycles. The molecule has 0 N–H and O–H groups in total. The zero-order valence-electron chi connectivity index (χ0n) is 16.7. The van der Waals surface area contributed by atoms with Gasteiger partial charge in [-0.2, -0.15) is 0 Å². The van der Waals surface area contributed by atoms with E-state index in [9.17, 15) is 5.26 Å². The molecule has 0 saturated heterocycles. The molecule has 0 aliphatic carbocycles. The molecular weight excluding hydrogens is 510 g/mol. The van der Waals surface area contributed by atoms with Crippen LogP contribution in [0.2, 0.25) is 5.02 Å². The summed E-state index contributed by atoms with van der Waals surface area (Å²) >= 11 is 2.01. The molecule has 31 heavy (non-hydrogen) atoms. The zero-order valence-corrected chi connectivity index (χ0v) is 20.3. The van der Waals surface area contributed by atoms with Gasteiger partial charge in [0, 0.05) is 0 Å². The van der Waals surface area contributed by atoms with Crippen molar-refractivity contribution in [2.75, 3.05) is 0 Å². The van der Waals surface area contributed by atoms with Crippen molar-refractivity contribution in [1.29, 1.82) is 5.26 Å². The van der Waals surface area contributed by atoms with E-state index in [1.54, 1.807) is 12.1 Å². The first kappa shape index (κ1) is 21.2. The fourth-order valence-electron chi connectivity index (χ4n) is 3.62.